The third-order valence-electron chi connectivity index (χ3n) is 7.25. The minimum atomic E-state index is -3.10. The fourth-order valence-electron chi connectivity index (χ4n) is 4.85. The van der Waals surface area contributed by atoms with Crippen LogP contribution in [0.2, 0.25) is 0 Å². The quantitative estimate of drug-likeness (QED) is 0.132. The van der Waals surface area contributed by atoms with E-state index in [0.717, 1.165) is 16.9 Å². The highest BCUT2D eigenvalue weighted by atomic mass is 19.3. The minimum absolute atomic E-state index is 0.0891. The average molecular weight is 601 g/mol. The Morgan fingerprint density at radius 3 is 2.43 bits per heavy atom. The number of pyridine rings is 1. The molecule has 44 heavy (non-hydrogen) atoms. The number of halogens is 2. The molecule has 3 N–H and O–H groups in total. The predicted octanol–water partition coefficient (Wildman–Crippen LogP) is 6.15. The summed E-state index contributed by atoms with van der Waals surface area (Å²) < 4.78 is 45.6. The second-order valence-corrected chi connectivity index (χ2v) is 10.4. The molecule has 1 aromatic heterocycles. The summed E-state index contributed by atoms with van der Waals surface area (Å²) in [5.74, 6) is -1.48. The van der Waals surface area contributed by atoms with Gasteiger partial charge in [0, 0.05) is 23.6 Å². The lowest BCUT2D eigenvalue weighted by atomic mass is 10.0. The van der Waals surface area contributed by atoms with Crippen LogP contribution in [0.3, 0.4) is 0 Å². The zero-order valence-electron chi connectivity index (χ0n) is 24.3. The third kappa shape index (κ3) is 7.80. The van der Waals surface area contributed by atoms with Crippen molar-refractivity contribution in [3.63, 3.8) is 0 Å². The van der Waals surface area contributed by atoms with Crippen molar-refractivity contribution in [2.75, 3.05) is 26.8 Å². The highest BCUT2D eigenvalue weighted by Crippen LogP contribution is 2.31. The molecule has 0 bridgehead atoms. The molecule has 0 amide bonds. The zero-order chi connectivity index (χ0) is 30.9. The topological polar surface area (TPSA) is 92.8 Å². The Morgan fingerprint density at radius 1 is 0.864 bits per heavy atom. The van der Waals surface area contributed by atoms with Crippen molar-refractivity contribution >= 4 is 10.9 Å². The van der Waals surface area contributed by atoms with Gasteiger partial charge in [0.2, 0.25) is 5.56 Å². The van der Waals surface area contributed by atoms with Crippen molar-refractivity contribution in [3.05, 3.63) is 136 Å². The lowest BCUT2D eigenvalue weighted by Gasteiger charge is -2.18. The molecule has 0 aliphatic heterocycles. The number of methoxy groups -OCH3 is 1. The van der Waals surface area contributed by atoms with E-state index in [2.05, 4.69) is 10.3 Å². The van der Waals surface area contributed by atoms with Crippen LogP contribution in [0.1, 0.15) is 28.4 Å². The predicted molar refractivity (Wildman–Crippen MR) is 166 cm³/mol. The normalized spacial score (nSPS) is 12.2. The maximum absolute atomic E-state index is 14.5. The van der Waals surface area contributed by atoms with Gasteiger partial charge in [-0.3, -0.25) is 4.79 Å². The van der Waals surface area contributed by atoms with Gasteiger partial charge in [0.05, 0.1) is 18.7 Å². The summed E-state index contributed by atoms with van der Waals surface area (Å²) in [7, 11) is 1.61. The molecule has 0 radical (unpaired) electrons. The SMILES string of the molecule is COc1ccc(COc2ccc([C@H](O)CNCCc3cccc(OCC(F)(F)c4ccccc4)c3)c3ccc(=O)[nH]c23)cc1. The van der Waals surface area contributed by atoms with Crippen molar-refractivity contribution < 1.29 is 28.1 Å². The first-order chi connectivity index (χ1) is 21.3. The van der Waals surface area contributed by atoms with Crippen LogP contribution >= 0.6 is 0 Å². The number of aliphatic hydroxyl groups excluding tert-OH is 1. The number of ether oxygens (including phenoxy) is 3. The van der Waals surface area contributed by atoms with E-state index in [1.54, 1.807) is 61.7 Å². The Hall–Kier alpha value is -4.73. The molecule has 0 fully saturated rings. The number of rotatable bonds is 14. The van der Waals surface area contributed by atoms with Crippen LogP contribution in [0.15, 0.2) is 108 Å². The maximum atomic E-state index is 14.5. The first-order valence-electron chi connectivity index (χ1n) is 14.3. The number of aliphatic hydroxyl groups is 1. The van der Waals surface area contributed by atoms with Crippen LogP contribution < -0.4 is 25.1 Å². The Balaban J connectivity index is 1.16. The van der Waals surface area contributed by atoms with Gasteiger partial charge in [-0.2, -0.15) is 8.78 Å². The molecule has 228 valence electrons. The van der Waals surface area contributed by atoms with Crippen LogP contribution in [0.25, 0.3) is 10.9 Å². The molecule has 0 aliphatic rings. The van der Waals surface area contributed by atoms with E-state index in [1.807, 2.05) is 30.3 Å². The molecule has 0 saturated heterocycles. The second-order valence-electron chi connectivity index (χ2n) is 10.4. The monoisotopic (exact) mass is 600 g/mol. The van der Waals surface area contributed by atoms with Crippen molar-refractivity contribution in [1.29, 1.82) is 0 Å². The molecule has 4 aromatic carbocycles. The maximum Gasteiger partial charge on any atom is 0.306 e. The number of fused-ring (bicyclic) bond motifs is 1. The summed E-state index contributed by atoms with van der Waals surface area (Å²) in [5.41, 5.74) is 2.65. The van der Waals surface area contributed by atoms with Crippen LogP contribution in [0.4, 0.5) is 8.78 Å². The lowest BCUT2D eigenvalue weighted by molar-refractivity contribution is -0.0467. The summed E-state index contributed by atoms with van der Waals surface area (Å²) in [6, 6.07) is 28.8. The number of alkyl halides is 2. The van der Waals surface area contributed by atoms with Crippen molar-refractivity contribution in [2.24, 2.45) is 0 Å². The summed E-state index contributed by atoms with van der Waals surface area (Å²) in [6.07, 6.45) is -0.250. The number of hydrogen-bond donors (Lipinski definition) is 3. The molecular formula is C35H34F2N2O5. The van der Waals surface area contributed by atoms with E-state index in [-0.39, 0.29) is 17.7 Å². The number of hydrogen-bond acceptors (Lipinski definition) is 6. The van der Waals surface area contributed by atoms with E-state index >= 15 is 0 Å². The molecule has 9 heteroatoms. The van der Waals surface area contributed by atoms with Gasteiger partial charge < -0.3 is 29.6 Å². The van der Waals surface area contributed by atoms with E-state index in [0.29, 0.717) is 47.5 Å². The molecule has 1 heterocycles. The fraction of sp³-hybridized carbons (Fsp3) is 0.229. The average Bonchev–Trinajstić information content (AvgIpc) is 3.05. The van der Waals surface area contributed by atoms with E-state index in [4.69, 9.17) is 14.2 Å². The molecule has 1 atom stereocenters. The number of H-pyrrole nitrogens is 1. The summed E-state index contributed by atoms with van der Waals surface area (Å²) in [5, 5.41) is 15.0. The smallest absolute Gasteiger partial charge is 0.306 e. The molecule has 0 unspecified atom stereocenters. The van der Waals surface area contributed by atoms with Gasteiger partial charge in [-0.15, -0.1) is 0 Å². The second kappa shape index (κ2) is 14.2. The Labute approximate surface area is 254 Å². The summed E-state index contributed by atoms with van der Waals surface area (Å²) in [6.45, 7) is 0.342. The van der Waals surface area contributed by atoms with Gasteiger partial charge in [0.1, 0.15) is 23.9 Å². The molecule has 7 nitrogen and oxygen atoms in total. The standard InChI is InChI=1S/C35H34F2N2O5/c1-42-27-12-10-25(11-13-27)22-43-32-16-14-29(30-15-17-33(41)39-34(30)32)31(40)21-38-19-18-24-6-5-9-28(20-24)44-23-35(36,37)26-7-3-2-4-8-26/h2-17,20,31,38,40H,18-19,21-23H2,1H3,(H,39,41)/t31-/m1/s1. The fourth-order valence-corrected chi connectivity index (χ4v) is 4.85. The molecular weight excluding hydrogens is 566 g/mol. The van der Waals surface area contributed by atoms with Gasteiger partial charge in [-0.1, -0.05) is 60.7 Å². The van der Waals surface area contributed by atoms with Crippen molar-refractivity contribution in [2.45, 2.75) is 25.1 Å². The van der Waals surface area contributed by atoms with E-state index < -0.39 is 18.6 Å². The number of aromatic amines is 1. The minimum Gasteiger partial charge on any atom is -0.497 e. The number of aromatic nitrogens is 1. The van der Waals surface area contributed by atoms with Crippen LogP contribution in [0.5, 0.6) is 17.2 Å². The first kappa shape index (κ1) is 30.7. The lowest BCUT2D eigenvalue weighted by Crippen LogP contribution is -2.24. The van der Waals surface area contributed by atoms with Crippen molar-refractivity contribution in [3.8, 4) is 17.2 Å². The largest absolute Gasteiger partial charge is 0.497 e. The Bertz CT molecular complexity index is 1730. The van der Waals surface area contributed by atoms with Gasteiger partial charge in [-0.05, 0) is 66.1 Å². The highest BCUT2D eigenvalue weighted by molar-refractivity contribution is 5.87. The van der Waals surface area contributed by atoms with Crippen LogP contribution in [-0.2, 0) is 19.0 Å². The Morgan fingerprint density at radius 2 is 1.66 bits per heavy atom. The highest BCUT2D eigenvalue weighted by Gasteiger charge is 2.32. The Kier molecular flexibility index (Phi) is 9.89. The molecule has 0 aliphatic carbocycles. The first-order valence-corrected chi connectivity index (χ1v) is 14.3. The number of benzene rings is 4. The number of nitrogens with one attached hydrogen (secondary N) is 2. The van der Waals surface area contributed by atoms with Crippen LogP contribution in [-0.4, -0.2) is 36.9 Å². The van der Waals surface area contributed by atoms with E-state index in [9.17, 15) is 18.7 Å². The van der Waals surface area contributed by atoms with Gasteiger partial charge in [0.15, 0.2) is 6.61 Å². The van der Waals surface area contributed by atoms with Gasteiger partial charge in [-0.25, -0.2) is 0 Å². The van der Waals surface area contributed by atoms with E-state index in [1.165, 1.54) is 18.2 Å². The zero-order valence-corrected chi connectivity index (χ0v) is 24.3. The molecule has 5 rings (SSSR count). The third-order valence-corrected chi connectivity index (χ3v) is 7.25. The molecule has 0 saturated carbocycles. The molecule has 0 spiro atoms. The van der Waals surface area contributed by atoms with Crippen molar-refractivity contribution in [1.82, 2.24) is 10.3 Å². The summed E-state index contributed by atoms with van der Waals surface area (Å²) >= 11 is 0. The van der Waals surface area contributed by atoms with Crippen LogP contribution in [0, 0.1) is 0 Å². The molecule has 5 aromatic rings. The van der Waals surface area contributed by atoms with Gasteiger partial charge >= 0.3 is 5.92 Å². The van der Waals surface area contributed by atoms with Gasteiger partial charge in [0.25, 0.3) is 0 Å². The summed E-state index contributed by atoms with van der Waals surface area (Å²) in [4.78, 5) is 15.0.